The van der Waals surface area contributed by atoms with Crippen LogP contribution in [0.2, 0.25) is 0 Å². The number of hydrogen-bond donors (Lipinski definition) is 2. The Morgan fingerprint density at radius 1 is 0.933 bits per heavy atom. The van der Waals surface area contributed by atoms with E-state index >= 15 is 0 Å². The lowest BCUT2D eigenvalue weighted by Gasteiger charge is -2.29. The third-order valence-electron chi connectivity index (χ3n) is 7.98. The highest BCUT2D eigenvalue weighted by Crippen LogP contribution is 2.47. The monoisotopic (exact) mass is 677 g/mol. The van der Waals surface area contributed by atoms with Crippen molar-refractivity contribution in [2.24, 2.45) is 5.14 Å². The molecule has 1 saturated carbocycles. The van der Waals surface area contributed by atoms with Crippen LogP contribution in [-0.2, 0) is 33.2 Å². The molecule has 10 nitrogen and oxygen atoms in total. The molecule has 2 aromatic carbocycles. The van der Waals surface area contributed by atoms with E-state index in [4.69, 9.17) is 9.88 Å². The molecular weight excluding hydrogens is 649 g/mol. The van der Waals surface area contributed by atoms with Crippen LogP contribution in [-0.4, -0.2) is 27.7 Å². The number of benzene rings is 2. The molecule has 17 heteroatoms. The summed E-state index contributed by atoms with van der Waals surface area (Å²) >= 11 is 0. The summed E-state index contributed by atoms with van der Waals surface area (Å²) in [5.41, 5.74) is -1.84. The van der Waals surface area contributed by atoms with Crippen LogP contribution in [0.4, 0.5) is 27.6 Å². The van der Waals surface area contributed by atoms with Crippen molar-refractivity contribution >= 4 is 26.0 Å². The normalized spacial score (nSPS) is 16.3. The minimum atomic E-state index is -5.98. The molecule has 5 rings (SSSR count). The molecule has 0 amide bonds. The van der Waals surface area contributed by atoms with Gasteiger partial charge in [-0.25, -0.2) is 22.3 Å². The molecule has 45 heavy (non-hydrogen) atoms. The number of aromatic nitrogens is 1. The van der Waals surface area contributed by atoms with Gasteiger partial charge in [0, 0.05) is 35.1 Å². The van der Waals surface area contributed by atoms with Crippen molar-refractivity contribution < 1.29 is 52.8 Å². The van der Waals surface area contributed by atoms with Gasteiger partial charge in [-0.1, -0.05) is 19.3 Å². The molecule has 0 saturated heterocycles. The quantitative estimate of drug-likeness (QED) is 0.106. The van der Waals surface area contributed by atoms with Crippen LogP contribution in [0.1, 0.15) is 67.8 Å². The molecule has 1 aromatic heterocycles. The number of alkyl halides is 3. The fourth-order valence-corrected chi connectivity index (χ4v) is 7.90. The van der Waals surface area contributed by atoms with E-state index in [1.807, 2.05) is 0 Å². The maximum Gasteiger partial charge on any atom is 0.500 e. The van der Waals surface area contributed by atoms with Crippen LogP contribution < -0.4 is 18.9 Å². The van der Waals surface area contributed by atoms with E-state index in [9.17, 15) is 48.5 Å². The molecule has 0 aliphatic heterocycles. The molecule has 3 N–H and O–H groups in total. The number of nitrogens with zero attached hydrogens (tertiary/aromatic N) is 2. The highest BCUT2D eigenvalue weighted by atomic mass is 32.2. The van der Waals surface area contributed by atoms with E-state index in [0.717, 1.165) is 24.6 Å². The Kier molecular flexibility index (Phi) is 8.76. The first-order valence-electron chi connectivity index (χ1n) is 13.9. The van der Waals surface area contributed by atoms with E-state index in [1.54, 1.807) is 0 Å². The summed E-state index contributed by atoms with van der Waals surface area (Å²) in [5, 5.41) is 19.6. The summed E-state index contributed by atoms with van der Waals surface area (Å²) in [4.78, 5) is -0.669. The zero-order valence-electron chi connectivity index (χ0n) is 23.5. The largest absolute Gasteiger partial charge is 0.618 e. The van der Waals surface area contributed by atoms with Gasteiger partial charge in [0.15, 0.2) is 22.2 Å². The molecule has 244 valence electrons. The van der Waals surface area contributed by atoms with Crippen molar-refractivity contribution in [3.8, 4) is 22.6 Å². The second-order valence-corrected chi connectivity index (χ2v) is 13.7. The van der Waals surface area contributed by atoms with Gasteiger partial charge in [-0.05, 0) is 62.4 Å². The lowest BCUT2D eigenvalue weighted by molar-refractivity contribution is -0.627. The average molecular weight is 678 g/mol. The number of sulfonamides is 1. The van der Waals surface area contributed by atoms with E-state index in [0.29, 0.717) is 61.5 Å². The number of pyridine rings is 1. The zero-order chi connectivity index (χ0) is 32.9. The predicted octanol–water partition coefficient (Wildman–Crippen LogP) is 5.76. The van der Waals surface area contributed by atoms with Gasteiger partial charge in [0.2, 0.25) is 15.7 Å². The number of hydrogen-bond acceptors (Lipinski definition) is 6. The Morgan fingerprint density at radius 3 is 2.18 bits per heavy atom. The highest BCUT2D eigenvalue weighted by Gasteiger charge is 2.46. The summed E-state index contributed by atoms with van der Waals surface area (Å²) in [6, 6.07) is 4.24. The molecule has 0 atom stereocenters. The number of fused-ring (bicyclic) bond motifs is 1. The van der Waals surface area contributed by atoms with Crippen LogP contribution >= 0.6 is 0 Å². The SMILES string of the molecule is NS(=O)(=O)c1c(-c2cc(N(C(F)(F)F)S(=O)(=O)O)ccc2Oc2ccc(F)cc2F)c2c([n+]([O-])c1C1CCCCC1)CCCC2. The molecule has 2 aliphatic rings. The fraction of sp³-hybridized carbons (Fsp3) is 0.393. The van der Waals surface area contributed by atoms with Crippen molar-refractivity contribution in [3.05, 3.63) is 70.2 Å². The molecular formula is C28H28F5N3O7S2. The lowest BCUT2D eigenvalue weighted by atomic mass is 9.82. The van der Waals surface area contributed by atoms with Gasteiger partial charge in [-0.2, -0.15) is 17.5 Å². The molecule has 3 aromatic rings. The van der Waals surface area contributed by atoms with Crippen molar-refractivity contribution in [2.75, 3.05) is 4.31 Å². The van der Waals surface area contributed by atoms with Gasteiger partial charge in [0.05, 0.1) is 5.69 Å². The third-order valence-corrected chi connectivity index (χ3v) is 9.84. The maximum atomic E-state index is 14.7. The van der Waals surface area contributed by atoms with E-state index in [1.165, 1.54) is 0 Å². The van der Waals surface area contributed by atoms with Gasteiger partial charge in [0.1, 0.15) is 11.6 Å². The van der Waals surface area contributed by atoms with E-state index < -0.39 is 76.1 Å². The summed E-state index contributed by atoms with van der Waals surface area (Å²) < 4.78 is 135. The molecule has 0 radical (unpaired) electrons. The van der Waals surface area contributed by atoms with Crippen molar-refractivity contribution in [2.45, 2.75) is 74.9 Å². The van der Waals surface area contributed by atoms with Gasteiger partial charge in [-0.3, -0.25) is 4.55 Å². The van der Waals surface area contributed by atoms with E-state index in [2.05, 4.69) is 0 Å². The summed E-state index contributed by atoms with van der Waals surface area (Å²) in [7, 11) is -10.8. The standard InChI is InChI=1S/C28H28F5N3O7S2/c29-17-10-12-24(21(30)14-17)43-23-13-11-18(36(28(31,32)33)45(40,41)42)15-20(23)25-19-8-4-5-9-22(19)35(37)26(27(25)44(34,38)39)16-6-2-1-3-7-16/h10-16H,1-9H2,(H2,34,38,39)(H,40,41,42). The molecule has 0 bridgehead atoms. The van der Waals surface area contributed by atoms with Crippen LogP contribution in [0.5, 0.6) is 11.5 Å². The van der Waals surface area contributed by atoms with Gasteiger partial charge in [-0.15, -0.1) is 13.2 Å². The van der Waals surface area contributed by atoms with Crippen molar-refractivity contribution in [1.29, 1.82) is 0 Å². The van der Waals surface area contributed by atoms with Crippen LogP contribution in [0.3, 0.4) is 0 Å². The Bertz CT molecular complexity index is 1860. The van der Waals surface area contributed by atoms with Crippen LogP contribution in [0.15, 0.2) is 41.3 Å². The predicted molar refractivity (Wildman–Crippen MR) is 151 cm³/mol. The molecule has 1 fully saturated rings. The first kappa shape index (κ1) is 32.8. The minimum absolute atomic E-state index is 0.0935. The summed E-state index contributed by atoms with van der Waals surface area (Å²) in [5.74, 6) is -3.81. The lowest BCUT2D eigenvalue weighted by Crippen LogP contribution is -2.44. The van der Waals surface area contributed by atoms with Crippen LogP contribution in [0, 0.1) is 16.8 Å². The van der Waals surface area contributed by atoms with Crippen molar-refractivity contribution in [1.82, 2.24) is 0 Å². The maximum absolute atomic E-state index is 14.7. The topological polar surface area (TPSA) is 154 Å². The number of primary sulfonamides is 1. The number of nitrogens with two attached hydrogens (primary N) is 1. The fourth-order valence-electron chi connectivity index (χ4n) is 6.20. The number of anilines is 1. The Balaban J connectivity index is 1.91. The van der Waals surface area contributed by atoms with Gasteiger partial charge < -0.3 is 9.94 Å². The van der Waals surface area contributed by atoms with Gasteiger partial charge >= 0.3 is 16.6 Å². The second-order valence-electron chi connectivity index (χ2n) is 11.0. The number of ether oxygens (including phenoxy) is 1. The average Bonchev–Trinajstić information content (AvgIpc) is 2.94. The minimum Gasteiger partial charge on any atom is -0.618 e. The molecule has 2 aliphatic carbocycles. The number of rotatable bonds is 7. The first-order valence-corrected chi connectivity index (χ1v) is 16.9. The molecule has 0 unspecified atom stereocenters. The Labute approximate surface area is 255 Å². The summed E-state index contributed by atoms with van der Waals surface area (Å²) in [6.45, 7) is 0. The number of halogens is 5. The highest BCUT2D eigenvalue weighted by molar-refractivity contribution is 7.89. The van der Waals surface area contributed by atoms with Crippen LogP contribution in [0.25, 0.3) is 11.1 Å². The van der Waals surface area contributed by atoms with E-state index in [-0.39, 0.29) is 35.4 Å². The molecule has 1 heterocycles. The van der Waals surface area contributed by atoms with Crippen molar-refractivity contribution in [3.63, 3.8) is 0 Å². The zero-order valence-corrected chi connectivity index (χ0v) is 25.1. The Hall–Kier alpha value is -3.54. The third kappa shape index (κ3) is 6.57. The molecule has 0 spiro atoms. The Morgan fingerprint density at radius 2 is 1.58 bits per heavy atom. The summed E-state index contributed by atoms with van der Waals surface area (Å²) in [6.07, 6.45) is -1.36. The second kappa shape index (κ2) is 12.0. The first-order chi connectivity index (χ1) is 21.0. The van der Waals surface area contributed by atoms with Gasteiger partial charge in [0.25, 0.3) is 0 Å². The smallest absolute Gasteiger partial charge is 0.500 e.